The summed E-state index contributed by atoms with van der Waals surface area (Å²) in [5, 5.41) is 6.44. The molecule has 0 bridgehead atoms. The number of hydrogen-bond acceptors (Lipinski definition) is 4. The molecule has 1 N–H and O–H groups in total. The molecule has 0 aliphatic rings. The molecule has 0 spiro atoms. The van der Waals surface area contributed by atoms with Gasteiger partial charge in [0.25, 0.3) is 0 Å². The zero-order valence-corrected chi connectivity index (χ0v) is 14.3. The molecule has 1 aromatic heterocycles. The molecule has 0 fully saturated rings. The van der Waals surface area contributed by atoms with E-state index in [1.54, 1.807) is 38.1 Å². The van der Waals surface area contributed by atoms with Gasteiger partial charge in [-0.25, -0.2) is 0 Å². The number of halogens is 2. The second-order valence-corrected chi connectivity index (χ2v) is 7.32. The molecule has 0 unspecified atom stereocenters. The summed E-state index contributed by atoms with van der Waals surface area (Å²) in [5.41, 5.74) is 0.682. The Hall–Kier alpha value is -1.37. The summed E-state index contributed by atoms with van der Waals surface area (Å²) in [5.74, 6) is 0.659. The van der Waals surface area contributed by atoms with Crippen LogP contribution in [-0.4, -0.2) is 20.5 Å². The molecule has 0 radical (unpaired) electrons. The molecule has 1 amide bonds. The van der Waals surface area contributed by atoms with Crippen molar-refractivity contribution in [2.45, 2.75) is 24.9 Å². The van der Waals surface area contributed by atoms with Crippen LogP contribution < -0.4 is 5.32 Å². The Labute approximate surface area is 140 Å². The minimum atomic E-state index is -1.43. The number of carbonyl (C=O) groups is 1. The first kappa shape index (κ1) is 17.0. The number of aromatic nitrogens is 1. The van der Waals surface area contributed by atoms with Crippen molar-refractivity contribution in [3.63, 3.8) is 0 Å². The Bertz CT molecular complexity index is 718. The third kappa shape index (κ3) is 4.32. The van der Waals surface area contributed by atoms with Crippen molar-refractivity contribution in [1.29, 1.82) is 0 Å². The van der Waals surface area contributed by atoms with Crippen molar-refractivity contribution < 1.29 is 13.5 Å². The smallest absolute Gasteiger partial charge is 0.241 e. The summed E-state index contributed by atoms with van der Waals surface area (Å²) in [6, 6.07) is 6.54. The van der Waals surface area contributed by atoms with Crippen LogP contribution in [0, 0.1) is 6.92 Å². The van der Waals surface area contributed by atoms with Crippen molar-refractivity contribution in [1.82, 2.24) is 5.16 Å². The maximum Gasteiger partial charge on any atom is 0.241 e. The van der Waals surface area contributed by atoms with Crippen molar-refractivity contribution in [2.75, 3.05) is 5.32 Å². The fourth-order valence-corrected chi connectivity index (χ4v) is 3.35. The lowest BCUT2D eigenvalue weighted by Gasteiger charge is -2.11. The van der Waals surface area contributed by atoms with Gasteiger partial charge in [0.1, 0.15) is 11.0 Å². The van der Waals surface area contributed by atoms with Crippen LogP contribution in [0.5, 0.6) is 0 Å². The molecule has 0 aliphatic heterocycles. The van der Waals surface area contributed by atoms with Gasteiger partial charge in [-0.3, -0.25) is 9.00 Å². The van der Waals surface area contributed by atoms with E-state index in [4.69, 9.17) is 27.7 Å². The van der Waals surface area contributed by atoms with Gasteiger partial charge in [-0.15, -0.1) is 0 Å². The van der Waals surface area contributed by atoms with Crippen LogP contribution >= 0.6 is 23.2 Å². The molecule has 0 saturated heterocycles. The second kappa shape index (κ2) is 7.26. The Morgan fingerprint density at radius 2 is 2.14 bits per heavy atom. The average Bonchev–Trinajstić information content (AvgIpc) is 2.86. The maximum absolute atomic E-state index is 12.3. The topological polar surface area (TPSA) is 72.2 Å². The summed E-state index contributed by atoms with van der Waals surface area (Å²) < 4.78 is 17.2. The van der Waals surface area contributed by atoms with Gasteiger partial charge in [0.15, 0.2) is 5.82 Å². The average molecular weight is 361 g/mol. The van der Waals surface area contributed by atoms with Crippen molar-refractivity contribution >= 4 is 45.7 Å². The molecule has 0 saturated carbocycles. The molecule has 1 aromatic carbocycles. The minimum absolute atomic E-state index is 0.169. The minimum Gasteiger partial charge on any atom is -0.360 e. The van der Waals surface area contributed by atoms with E-state index in [0.29, 0.717) is 27.2 Å². The lowest BCUT2D eigenvalue weighted by molar-refractivity contribution is -0.115. The molecule has 118 valence electrons. The van der Waals surface area contributed by atoms with Crippen LogP contribution in [0.25, 0.3) is 0 Å². The fourth-order valence-electron chi connectivity index (χ4n) is 1.69. The standard InChI is InChI=1S/C14H14Cl2N2O3S/c1-8-5-13(18-21-8)17-14(19)9(2)22(20)7-10-3-4-11(15)6-12(10)16/h3-6,9H,7H2,1-2H3,(H,17,18,19)/t9-,22-/m0/s1. The number of anilines is 1. The summed E-state index contributed by atoms with van der Waals surface area (Å²) in [7, 11) is -1.43. The van der Waals surface area contributed by atoms with Gasteiger partial charge >= 0.3 is 0 Å². The van der Waals surface area contributed by atoms with Gasteiger partial charge in [-0.2, -0.15) is 0 Å². The van der Waals surface area contributed by atoms with Crippen LogP contribution in [0.4, 0.5) is 5.82 Å². The molecule has 0 aliphatic carbocycles. The van der Waals surface area contributed by atoms with E-state index in [1.807, 2.05) is 0 Å². The van der Waals surface area contributed by atoms with Crippen molar-refractivity contribution in [2.24, 2.45) is 0 Å². The second-order valence-electron chi connectivity index (χ2n) is 4.72. The third-order valence-electron chi connectivity index (χ3n) is 2.96. The summed E-state index contributed by atoms with van der Waals surface area (Å²) in [6.45, 7) is 3.30. The van der Waals surface area contributed by atoms with Gasteiger partial charge < -0.3 is 9.84 Å². The number of rotatable bonds is 5. The van der Waals surface area contributed by atoms with Crippen LogP contribution in [0.15, 0.2) is 28.8 Å². The number of aryl methyl sites for hydroxylation is 1. The first-order chi connectivity index (χ1) is 10.4. The summed E-state index contributed by atoms with van der Waals surface area (Å²) in [4.78, 5) is 12.1. The number of amides is 1. The number of nitrogens with zero attached hydrogens (tertiary/aromatic N) is 1. The molecule has 5 nitrogen and oxygen atoms in total. The van der Waals surface area contributed by atoms with Gasteiger partial charge in [-0.05, 0) is 31.5 Å². The van der Waals surface area contributed by atoms with Crippen LogP contribution in [0.3, 0.4) is 0 Å². The predicted molar refractivity (Wildman–Crippen MR) is 87.6 cm³/mol. The highest BCUT2D eigenvalue weighted by atomic mass is 35.5. The molecular weight excluding hydrogens is 347 g/mol. The first-order valence-electron chi connectivity index (χ1n) is 6.42. The highest BCUT2D eigenvalue weighted by Gasteiger charge is 2.22. The molecule has 1 heterocycles. The maximum atomic E-state index is 12.3. The largest absolute Gasteiger partial charge is 0.360 e. The van der Waals surface area contributed by atoms with Crippen molar-refractivity contribution in [3.8, 4) is 0 Å². The Morgan fingerprint density at radius 3 is 2.73 bits per heavy atom. The van der Waals surface area contributed by atoms with Crippen LogP contribution in [-0.2, 0) is 21.3 Å². The summed E-state index contributed by atoms with van der Waals surface area (Å²) in [6.07, 6.45) is 0. The predicted octanol–water partition coefficient (Wildman–Crippen LogP) is 3.57. The van der Waals surface area contributed by atoms with Gasteiger partial charge in [-0.1, -0.05) is 34.4 Å². The quantitative estimate of drug-likeness (QED) is 0.884. The number of benzene rings is 1. The SMILES string of the molecule is Cc1cc(NC(=O)[C@H](C)[S@@](=O)Cc2ccc(Cl)cc2Cl)no1. The molecule has 2 rings (SSSR count). The van der Waals surface area contributed by atoms with E-state index in [-0.39, 0.29) is 5.75 Å². The third-order valence-corrected chi connectivity index (χ3v) is 5.14. The molecule has 2 atom stereocenters. The Balaban J connectivity index is 2.00. The van der Waals surface area contributed by atoms with Crippen molar-refractivity contribution in [3.05, 3.63) is 45.6 Å². The van der Waals surface area contributed by atoms with E-state index >= 15 is 0 Å². The van der Waals surface area contributed by atoms with Crippen LogP contribution in [0.2, 0.25) is 10.0 Å². The molecule has 22 heavy (non-hydrogen) atoms. The number of hydrogen-bond donors (Lipinski definition) is 1. The van der Waals surface area contributed by atoms with E-state index in [2.05, 4.69) is 10.5 Å². The van der Waals surface area contributed by atoms with Gasteiger partial charge in [0, 0.05) is 26.9 Å². The van der Waals surface area contributed by atoms with Gasteiger partial charge in [0.05, 0.1) is 5.75 Å². The number of carbonyl (C=O) groups excluding carboxylic acids is 1. The number of nitrogens with one attached hydrogen (secondary N) is 1. The highest BCUT2D eigenvalue weighted by molar-refractivity contribution is 7.85. The zero-order chi connectivity index (χ0) is 16.3. The normalized spacial score (nSPS) is 13.6. The van der Waals surface area contributed by atoms with E-state index < -0.39 is 22.0 Å². The fraction of sp³-hybridized carbons (Fsp3) is 0.286. The molecular formula is C14H14Cl2N2O3S. The highest BCUT2D eigenvalue weighted by Crippen LogP contribution is 2.23. The van der Waals surface area contributed by atoms with Gasteiger partial charge in [0.2, 0.25) is 5.91 Å². The van der Waals surface area contributed by atoms with E-state index in [0.717, 1.165) is 0 Å². The Morgan fingerprint density at radius 1 is 1.41 bits per heavy atom. The molecule has 2 aromatic rings. The zero-order valence-electron chi connectivity index (χ0n) is 11.9. The van der Waals surface area contributed by atoms with E-state index in [9.17, 15) is 9.00 Å². The lowest BCUT2D eigenvalue weighted by atomic mass is 10.2. The summed E-state index contributed by atoms with van der Waals surface area (Å²) >= 11 is 11.9. The molecule has 8 heteroatoms. The monoisotopic (exact) mass is 360 g/mol. The lowest BCUT2D eigenvalue weighted by Crippen LogP contribution is -2.29. The van der Waals surface area contributed by atoms with E-state index in [1.165, 1.54) is 0 Å². The first-order valence-corrected chi connectivity index (χ1v) is 8.56. The van der Waals surface area contributed by atoms with Crippen LogP contribution in [0.1, 0.15) is 18.2 Å². The Kier molecular flexibility index (Phi) is 5.61.